The number of benzene rings is 1. The van der Waals surface area contributed by atoms with Crippen LogP contribution in [0, 0.1) is 0 Å². The van der Waals surface area contributed by atoms with Crippen LogP contribution in [-0.4, -0.2) is 5.97 Å². The highest BCUT2D eigenvalue weighted by molar-refractivity contribution is 9.11. The van der Waals surface area contributed by atoms with Crippen molar-refractivity contribution in [1.29, 1.82) is 0 Å². The fraction of sp³-hybridized carbons (Fsp3) is 0.308. The van der Waals surface area contributed by atoms with Crippen molar-refractivity contribution in [2.45, 2.75) is 26.2 Å². The molecule has 0 aliphatic heterocycles. The Kier molecular flexibility index (Phi) is 4.55. The molecule has 1 rings (SSSR count). The van der Waals surface area contributed by atoms with Crippen molar-refractivity contribution in [3.05, 3.63) is 39.3 Å². The SMILES string of the molecule is C=CC(=O)Oc1c(Br)cc(C(C)(C)C)cc1Br. The molecule has 0 aliphatic rings. The molecule has 4 heteroatoms. The van der Waals surface area contributed by atoms with Crippen LogP contribution in [0.15, 0.2) is 33.7 Å². The second kappa shape index (κ2) is 5.36. The molecule has 0 amide bonds. The fourth-order valence-corrected chi connectivity index (χ4v) is 2.58. The molecule has 0 saturated heterocycles. The summed E-state index contributed by atoms with van der Waals surface area (Å²) in [7, 11) is 0. The minimum Gasteiger partial charge on any atom is -0.421 e. The number of ether oxygens (including phenoxy) is 1. The van der Waals surface area contributed by atoms with Crippen LogP contribution in [0.25, 0.3) is 0 Å². The number of carbonyl (C=O) groups is 1. The average Bonchev–Trinajstić information content (AvgIpc) is 2.21. The maximum atomic E-state index is 11.2. The van der Waals surface area contributed by atoms with Crippen LogP contribution >= 0.6 is 31.9 Å². The van der Waals surface area contributed by atoms with Gasteiger partial charge in [0, 0.05) is 6.08 Å². The Hall–Kier alpha value is -0.610. The van der Waals surface area contributed by atoms with Gasteiger partial charge in [-0.15, -0.1) is 0 Å². The van der Waals surface area contributed by atoms with Crippen LogP contribution in [0.4, 0.5) is 0 Å². The van der Waals surface area contributed by atoms with E-state index in [1.165, 1.54) is 0 Å². The molecule has 0 spiro atoms. The van der Waals surface area contributed by atoms with E-state index in [-0.39, 0.29) is 5.41 Å². The van der Waals surface area contributed by atoms with E-state index in [0.29, 0.717) is 5.75 Å². The minimum atomic E-state index is -0.477. The molecular formula is C13H14Br2O2. The molecule has 17 heavy (non-hydrogen) atoms. The fourth-order valence-electron chi connectivity index (χ4n) is 1.23. The van der Waals surface area contributed by atoms with E-state index in [9.17, 15) is 4.79 Å². The van der Waals surface area contributed by atoms with Crippen molar-refractivity contribution in [2.75, 3.05) is 0 Å². The molecule has 92 valence electrons. The Balaban J connectivity index is 3.20. The summed E-state index contributed by atoms with van der Waals surface area (Å²) < 4.78 is 6.63. The lowest BCUT2D eigenvalue weighted by Crippen LogP contribution is -2.12. The van der Waals surface area contributed by atoms with Crippen molar-refractivity contribution in [1.82, 2.24) is 0 Å². The first kappa shape index (κ1) is 14.5. The summed E-state index contributed by atoms with van der Waals surface area (Å²) in [6, 6.07) is 3.91. The molecule has 0 radical (unpaired) electrons. The first-order valence-electron chi connectivity index (χ1n) is 5.09. The van der Waals surface area contributed by atoms with E-state index in [4.69, 9.17) is 4.74 Å². The lowest BCUT2D eigenvalue weighted by Gasteiger charge is -2.20. The van der Waals surface area contributed by atoms with Gasteiger partial charge in [-0.25, -0.2) is 4.79 Å². The van der Waals surface area contributed by atoms with Gasteiger partial charge in [0.05, 0.1) is 8.95 Å². The molecule has 0 aromatic heterocycles. The van der Waals surface area contributed by atoms with Crippen molar-refractivity contribution < 1.29 is 9.53 Å². The van der Waals surface area contributed by atoms with Gasteiger partial charge < -0.3 is 4.74 Å². The maximum Gasteiger partial charge on any atom is 0.335 e. The predicted octanol–water partition coefficient (Wildman–Crippen LogP) is 4.60. The van der Waals surface area contributed by atoms with Gasteiger partial charge >= 0.3 is 5.97 Å². The minimum absolute atomic E-state index is 0.0337. The molecule has 0 bridgehead atoms. The van der Waals surface area contributed by atoms with E-state index < -0.39 is 5.97 Å². The van der Waals surface area contributed by atoms with Gasteiger partial charge in [0.25, 0.3) is 0 Å². The summed E-state index contributed by atoms with van der Waals surface area (Å²) in [4.78, 5) is 11.2. The second-order valence-corrected chi connectivity index (χ2v) is 6.35. The number of carbonyl (C=O) groups excluding carboxylic acids is 1. The zero-order valence-corrected chi connectivity index (χ0v) is 13.2. The van der Waals surface area contributed by atoms with E-state index in [2.05, 4.69) is 59.2 Å². The third kappa shape index (κ3) is 3.68. The highest BCUT2D eigenvalue weighted by atomic mass is 79.9. The average molecular weight is 362 g/mol. The predicted molar refractivity (Wildman–Crippen MR) is 76.4 cm³/mol. The third-order valence-corrected chi connectivity index (χ3v) is 3.41. The summed E-state index contributed by atoms with van der Waals surface area (Å²) in [5, 5.41) is 0. The van der Waals surface area contributed by atoms with Crippen LogP contribution in [0.2, 0.25) is 0 Å². The largest absolute Gasteiger partial charge is 0.421 e. The van der Waals surface area contributed by atoms with Gasteiger partial charge in [-0.1, -0.05) is 27.4 Å². The smallest absolute Gasteiger partial charge is 0.335 e. The molecule has 0 N–H and O–H groups in total. The Bertz CT molecular complexity index is 436. The van der Waals surface area contributed by atoms with Crippen molar-refractivity contribution in [3.63, 3.8) is 0 Å². The summed E-state index contributed by atoms with van der Waals surface area (Å²) in [5.74, 6) is -0.00203. The highest BCUT2D eigenvalue weighted by Crippen LogP contribution is 2.38. The molecule has 1 aromatic carbocycles. The van der Waals surface area contributed by atoms with Crippen molar-refractivity contribution >= 4 is 37.8 Å². The van der Waals surface area contributed by atoms with Gasteiger partial charge in [-0.2, -0.15) is 0 Å². The van der Waals surface area contributed by atoms with Crippen LogP contribution in [0.1, 0.15) is 26.3 Å². The van der Waals surface area contributed by atoms with Gasteiger partial charge in [0.1, 0.15) is 0 Å². The summed E-state index contributed by atoms with van der Waals surface area (Å²) >= 11 is 6.81. The number of hydrogen-bond acceptors (Lipinski definition) is 2. The second-order valence-electron chi connectivity index (χ2n) is 4.64. The molecule has 2 nitrogen and oxygen atoms in total. The Morgan fingerprint density at radius 1 is 1.29 bits per heavy atom. The van der Waals surface area contributed by atoms with Crippen molar-refractivity contribution in [3.8, 4) is 5.75 Å². The van der Waals surface area contributed by atoms with E-state index in [1.54, 1.807) is 0 Å². The molecule has 0 aliphatic carbocycles. The van der Waals surface area contributed by atoms with Crippen LogP contribution in [0.5, 0.6) is 5.75 Å². The quantitative estimate of drug-likeness (QED) is 0.437. The molecule has 0 saturated carbocycles. The summed E-state index contributed by atoms with van der Waals surface area (Å²) in [6.45, 7) is 9.73. The van der Waals surface area contributed by atoms with Crippen LogP contribution in [0.3, 0.4) is 0 Å². The zero-order chi connectivity index (χ0) is 13.2. The Morgan fingerprint density at radius 3 is 2.12 bits per heavy atom. The van der Waals surface area contributed by atoms with Crippen LogP contribution < -0.4 is 4.74 Å². The third-order valence-electron chi connectivity index (χ3n) is 2.23. The number of esters is 1. The number of halogens is 2. The van der Waals surface area contributed by atoms with E-state index in [1.807, 2.05) is 12.1 Å². The highest BCUT2D eigenvalue weighted by Gasteiger charge is 2.18. The molecule has 0 fully saturated rings. The molecule has 1 aromatic rings. The van der Waals surface area contributed by atoms with Gasteiger partial charge in [0.15, 0.2) is 5.75 Å². The number of rotatable bonds is 2. The standard InChI is InChI=1S/C13H14Br2O2/c1-5-11(16)17-12-9(14)6-8(7-10(12)15)13(2,3)4/h5-7H,1H2,2-4H3. The maximum absolute atomic E-state index is 11.2. The normalized spacial score (nSPS) is 11.1. The first-order valence-corrected chi connectivity index (χ1v) is 6.68. The lowest BCUT2D eigenvalue weighted by molar-refractivity contribution is -0.129. The van der Waals surface area contributed by atoms with Gasteiger partial charge in [-0.3, -0.25) is 0 Å². The van der Waals surface area contributed by atoms with Gasteiger partial charge in [0.2, 0.25) is 0 Å². The molecule has 0 unspecified atom stereocenters. The Labute approximate surface area is 118 Å². The molecular weight excluding hydrogens is 348 g/mol. The molecule has 0 heterocycles. The molecule has 0 atom stereocenters. The Morgan fingerprint density at radius 2 is 1.76 bits per heavy atom. The zero-order valence-electron chi connectivity index (χ0n) is 10.0. The van der Waals surface area contributed by atoms with Crippen LogP contribution in [-0.2, 0) is 10.2 Å². The monoisotopic (exact) mass is 360 g/mol. The number of hydrogen-bond donors (Lipinski definition) is 0. The van der Waals surface area contributed by atoms with Crippen molar-refractivity contribution in [2.24, 2.45) is 0 Å². The van der Waals surface area contributed by atoms with E-state index in [0.717, 1.165) is 20.6 Å². The summed E-state index contributed by atoms with van der Waals surface area (Å²) in [6.07, 6.45) is 1.14. The van der Waals surface area contributed by atoms with Gasteiger partial charge in [-0.05, 0) is 55.0 Å². The van der Waals surface area contributed by atoms with E-state index >= 15 is 0 Å². The lowest BCUT2D eigenvalue weighted by atomic mass is 9.87. The topological polar surface area (TPSA) is 26.3 Å². The first-order chi connectivity index (χ1) is 7.75. The summed E-state index contributed by atoms with van der Waals surface area (Å²) in [5.41, 5.74) is 1.18.